The Kier molecular flexibility index (Phi) is 5.22. The summed E-state index contributed by atoms with van der Waals surface area (Å²) < 4.78 is 63.5. The molecule has 0 aliphatic carbocycles. The summed E-state index contributed by atoms with van der Waals surface area (Å²) >= 11 is 0. The molecule has 146 valence electrons. The van der Waals surface area contributed by atoms with Gasteiger partial charge < -0.3 is 0 Å². The smallest absolute Gasteiger partial charge is 0.269 e. The Balaban J connectivity index is 2.63. The summed E-state index contributed by atoms with van der Waals surface area (Å²) in [6.07, 6.45) is -2.93. The van der Waals surface area contributed by atoms with Gasteiger partial charge in [0.25, 0.3) is 0 Å². The standard InChI is InChI=1S/C15H16F3N5O3S/c1-14(2,3)26-22-13-10(7-19)12(15(16,17)18)21-23(13)11-6-5-9(8-20-11)27(4,24)25/h5-6,8,22H,1-4H3. The van der Waals surface area contributed by atoms with Crippen LogP contribution in [0, 0.1) is 11.3 Å². The number of halogens is 3. The molecule has 0 atom stereocenters. The van der Waals surface area contributed by atoms with Crippen molar-refractivity contribution in [3.63, 3.8) is 0 Å². The third-order valence-corrected chi connectivity index (χ3v) is 4.18. The number of sulfone groups is 1. The summed E-state index contributed by atoms with van der Waals surface area (Å²) in [6, 6.07) is 3.81. The summed E-state index contributed by atoms with van der Waals surface area (Å²) in [4.78, 5) is 9.00. The van der Waals surface area contributed by atoms with E-state index in [1.807, 2.05) is 0 Å². The number of nitrogens with zero attached hydrogens (tertiary/aromatic N) is 4. The number of hydrogen-bond donors (Lipinski definition) is 1. The van der Waals surface area contributed by atoms with E-state index in [9.17, 15) is 26.9 Å². The lowest BCUT2D eigenvalue weighted by Gasteiger charge is -2.20. The molecule has 27 heavy (non-hydrogen) atoms. The number of alkyl halides is 3. The Hall–Kier alpha value is -2.65. The molecule has 0 fully saturated rings. The Morgan fingerprint density at radius 2 is 1.89 bits per heavy atom. The van der Waals surface area contributed by atoms with Gasteiger partial charge >= 0.3 is 6.18 Å². The van der Waals surface area contributed by atoms with Gasteiger partial charge in [-0.15, -0.1) is 0 Å². The Morgan fingerprint density at radius 3 is 2.30 bits per heavy atom. The van der Waals surface area contributed by atoms with E-state index in [1.165, 1.54) is 18.2 Å². The van der Waals surface area contributed by atoms with Crippen LogP contribution < -0.4 is 5.48 Å². The molecule has 2 aromatic heterocycles. The minimum absolute atomic E-state index is 0.115. The van der Waals surface area contributed by atoms with Gasteiger partial charge in [-0.05, 0) is 32.9 Å². The molecule has 0 aromatic carbocycles. The van der Waals surface area contributed by atoms with Crippen LogP contribution in [0.4, 0.5) is 19.0 Å². The first kappa shape index (κ1) is 20.7. The van der Waals surface area contributed by atoms with E-state index < -0.39 is 32.9 Å². The Bertz CT molecular complexity index is 984. The first-order chi connectivity index (χ1) is 12.2. The number of nitriles is 1. The minimum Gasteiger partial charge on any atom is -0.269 e. The molecule has 8 nitrogen and oxygen atoms in total. The number of nitrogens with one attached hydrogen (secondary N) is 1. The molecule has 2 rings (SSSR count). The Labute approximate surface area is 153 Å². The van der Waals surface area contributed by atoms with E-state index in [0.29, 0.717) is 0 Å². The highest BCUT2D eigenvalue weighted by atomic mass is 32.2. The number of anilines is 1. The van der Waals surface area contributed by atoms with Gasteiger partial charge in [0.2, 0.25) is 0 Å². The molecule has 0 aliphatic rings. The normalized spacial score (nSPS) is 12.7. The van der Waals surface area contributed by atoms with Gasteiger partial charge in [-0.2, -0.15) is 28.2 Å². The molecule has 0 radical (unpaired) electrons. The zero-order valence-electron chi connectivity index (χ0n) is 14.8. The third-order valence-electron chi connectivity index (χ3n) is 3.09. The van der Waals surface area contributed by atoms with E-state index in [4.69, 9.17) is 4.84 Å². The van der Waals surface area contributed by atoms with Crippen molar-refractivity contribution in [3.05, 3.63) is 29.6 Å². The quantitative estimate of drug-likeness (QED) is 0.782. The summed E-state index contributed by atoms with van der Waals surface area (Å²) in [6.45, 7) is 4.95. The van der Waals surface area contributed by atoms with Gasteiger partial charge in [-0.1, -0.05) is 0 Å². The van der Waals surface area contributed by atoms with Gasteiger partial charge in [0.05, 0.1) is 10.5 Å². The van der Waals surface area contributed by atoms with Gasteiger partial charge in [0.1, 0.15) is 11.6 Å². The van der Waals surface area contributed by atoms with Crippen molar-refractivity contribution in [2.75, 3.05) is 11.7 Å². The van der Waals surface area contributed by atoms with Crippen molar-refractivity contribution < 1.29 is 26.4 Å². The van der Waals surface area contributed by atoms with Crippen molar-refractivity contribution in [1.29, 1.82) is 5.26 Å². The van der Waals surface area contributed by atoms with E-state index in [-0.39, 0.29) is 16.5 Å². The lowest BCUT2D eigenvalue weighted by atomic mass is 10.2. The van der Waals surface area contributed by atoms with Gasteiger partial charge in [0, 0.05) is 12.5 Å². The first-order valence-electron chi connectivity index (χ1n) is 7.45. The van der Waals surface area contributed by atoms with E-state index in [2.05, 4.69) is 15.6 Å². The molecular weight excluding hydrogens is 387 g/mol. The molecule has 0 saturated heterocycles. The van der Waals surface area contributed by atoms with Crippen LogP contribution in [0.15, 0.2) is 23.2 Å². The predicted molar refractivity (Wildman–Crippen MR) is 88.6 cm³/mol. The molecule has 0 aliphatic heterocycles. The van der Waals surface area contributed by atoms with E-state index >= 15 is 0 Å². The highest BCUT2D eigenvalue weighted by Gasteiger charge is 2.40. The van der Waals surface area contributed by atoms with Gasteiger partial charge in [-0.25, -0.2) is 18.9 Å². The number of pyridine rings is 1. The zero-order chi connectivity index (χ0) is 20.6. The molecule has 0 unspecified atom stereocenters. The van der Waals surface area contributed by atoms with Crippen molar-refractivity contribution in [3.8, 4) is 11.9 Å². The third kappa shape index (κ3) is 4.75. The lowest BCUT2D eigenvalue weighted by molar-refractivity contribution is -0.141. The SMILES string of the molecule is CC(C)(C)ONc1c(C#N)c(C(F)(F)F)nn1-c1ccc(S(C)(=O)=O)cn1. The summed E-state index contributed by atoms with van der Waals surface area (Å²) in [5.41, 5.74) is -0.650. The van der Waals surface area contributed by atoms with Crippen LogP contribution in [-0.4, -0.2) is 35.0 Å². The monoisotopic (exact) mass is 403 g/mol. The highest BCUT2D eigenvalue weighted by molar-refractivity contribution is 7.90. The molecular formula is C15H16F3N5O3S. The summed E-state index contributed by atoms with van der Waals surface area (Å²) in [5.74, 6) is -0.506. The maximum Gasteiger partial charge on any atom is 0.436 e. The van der Waals surface area contributed by atoms with Crippen LogP contribution in [-0.2, 0) is 20.9 Å². The fraction of sp³-hybridized carbons (Fsp3) is 0.400. The van der Waals surface area contributed by atoms with Crippen LogP contribution in [0.5, 0.6) is 0 Å². The second-order valence-electron chi connectivity index (χ2n) is 6.53. The van der Waals surface area contributed by atoms with E-state index in [1.54, 1.807) is 20.8 Å². The van der Waals surface area contributed by atoms with Crippen molar-refractivity contribution in [2.45, 2.75) is 37.4 Å². The molecule has 12 heteroatoms. The largest absolute Gasteiger partial charge is 0.436 e. The van der Waals surface area contributed by atoms with Crippen molar-refractivity contribution in [2.24, 2.45) is 0 Å². The topological polar surface area (TPSA) is 110 Å². The summed E-state index contributed by atoms with van der Waals surface area (Å²) in [7, 11) is -3.54. The average Bonchev–Trinajstić information content (AvgIpc) is 2.90. The minimum atomic E-state index is -4.89. The fourth-order valence-corrected chi connectivity index (χ4v) is 2.46. The van der Waals surface area contributed by atoms with Crippen LogP contribution >= 0.6 is 0 Å². The summed E-state index contributed by atoms with van der Waals surface area (Å²) in [5, 5.41) is 12.6. The Morgan fingerprint density at radius 1 is 1.26 bits per heavy atom. The van der Waals surface area contributed by atoms with Crippen LogP contribution in [0.3, 0.4) is 0 Å². The zero-order valence-corrected chi connectivity index (χ0v) is 15.6. The molecule has 0 saturated carbocycles. The van der Waals surface area contributed by atoms with Gasteiger partial charge in [0.15, 0.2) is 27.2 Å². The highest BCUT2D eigenvalue weighted by Crippen LogP contribution is 2.35. The number of rotatable bonds is 4. The van der Waals surface area contributed by atoms with Crippen molar-refractivity contribution >= 4 is 15.7 Å². The first-order valence-corrected chi connectivity index (χ1v) is 9.34. The second kappa shape index (κ2) is 6.82. The van der Waals surface area contributed by atoms with Gasteiger partial charge in [-0.3, -0.25) is 4.84 Å². The molecule has 0 bridgehead atoms. The molecule has 1 N–H and O–H groups in total. The molecule has 2 heterocycles. The van der Waals surface area contributed by atoms with Crippen molar-refractivity contribution in [1.82, 2.24) is 14.8 Å². The molecule has 0 amide bonds. The van der Waals surface area contributed by atoms with Crippen LogP contribution in [0.2, 0.25) is 0 Å². The fourth-order valence-electron chi connectivity index (χ4n) is 1.90. The van der Waals surface area contributed by atoms with E-state index in [0.717, 1.165) is 17.1 Å². The maximum atomic E-state index is 13.2. The van der Waals surface area contributed by atoms with Crippen LogP contribution in [0.1, 0.15) is 32.0 Å². The lowest BCUT2D eigenvalue weighted by Crippen LogP contribution is -2.24. The molecule has 0 spiro atoms. The predicted octanol–water partition coefficient (Wildman–Crippen LogP) is 2.70. The number of aromatic nitrogens is 3. The molecule has 2 aromatic rings. The number of hydrogen-bond acceptors (Lipinski definition) is 7. The average molecular weight is 403 g/mol. The van der Waals surface area contributed by atoms with Crippen LogP contribution in [0.25, 0.3) is 5.82 Å². The maximum absolute atomic E-state index is 13.2. The second-order valence-corrected chi connectivity index (χ2v) is 8.55.